The van der Waals surface area contributed by atoms with E-state index in [0.29, 0.717) is 51.0 Å². The number of nitrogens with one attached hydrogen (secondary N) is 3. The summed E-state index contributed by atoms with van der Waals surface area (Å²) in [5.74, 6) is -0.657. The Balaban J connectivity index is 0.000000154. The predicted octanol–water partition coefficient (Wildman–Crippen LogP) is 9.90. The van der Waals surface area contributed by atoms with E-state index >= 15 is 0 Å². The summed E-state index contributed by atoms with van der Waals surface area (Å²) in [4.78, 5) is 91.9. The molecule has 1 saturated heterocycles. The molecule has 5 amide bonds. The van der Waals surface area contributed by atoms with Gasteiger partial charge in [-0.1, -0.05) is 137 Å². The maximum atomic E-state index is 13.3. The number of aromatic nitrogens is 4. The molecule has 21 nitrogen and oxygen atoms in total. The van der Waals surface area contributed by atoms with Crippen molar-refractivity contribution in [2.45, 2.75) is 44.6 Å². The number of esters is 2. The number of urea groups is 1. The van der Waals surface area contributed by atoms with Gasteiger partial charge < -0.3 is 41.5 Å². The SMILES string of the molecule is NC(=O)n1cc(C(=O)OCc2ccccc2)c2ccccc21.NC(=O)n1cc(NC(=O)N2[C@@H]3CC[C@@H](C3)[C@H]2C(=O)Nc2cccc(Cl)n2)c2ccccc21.O=C(OCc1ccccc1)c1c[nH]c2ccccc12.O=C=NS(=O)(=O)Cl. The van der Waals surface area contributed by atoms with E-state index in [1.165, 1.54) is 21.5 Å². The number of hydrogen-bond acceptors (Lipinski definition) is 12. The number of benzene rings is 5. The number of amides is 5. The van der Waals surface area contributed by atoms with Crippen LogP contribution in [0.2, 0.25) is 5.15 Å². The normalized spacial score (nSPS) is 14.9. The molecule has 3 atom stereocenters. The highest BCUT2D eigenvalue weighted by molar-refractivity contribution is 8.12. The average Bonchev–Trinajstić information content (AvgIpc) is 4.39. The van der Waals surface area contributed by atoms with Gasteiger partial charge in [0, 0.05) is 57.0 Å². The van der Waals surface area contributed by atoms with Crippen molar-refractivity contribution >= 4 is 118 Å². The molecule has 0 radical (unpaired) electrons. The van der Waals surface area contributed by atoms with Crippen molar-refractivity contribution in [1.29, 1.82) is 0 Å². The molecule has 4 aromatic heterocycles. The van der Waals surface area contributed by atoms with Gasteiger partial charge in [-0.3, -0.25) is 13.9 Å². The zero-order valence-corrected chi connectivity index (χ0v) is 44.3. The predicted molar refractivity (Wildman–Crippen MR) is 300 cm³/mol. The topological polar surface area (TPSA) is 302 Å². The molecular weight excluding hydrogens is 1090 g/mol. The number of primary amides is 2. The third-order valence-electron chi connectivity index (χ3n) is 12.8. The zero-order valence-electron chi connectivity index (χ0n) is 42.0. The minimum Gasteiger partial charge on any atom is -0.457 e. The number of carbonyl (C=O) groups is 6. The molecule has 2 bridgehead atoms. The summed E-state index contributed by atoms with van der Waals surface area (Å²) in [7, 11) is 0.376. The number of likely N-dealkylation sites (tertiary alicyclic amines) is 1. The molecule has 7 N–H and O–H groups in total. The summed E-state index contributed by atoms with van der Waals surface area (Å²) in [6.45, 7) is 0.467. The van der Waals surface area contributed by atoms with Crippen molar-refractivity contribution in [1.82, 2.24) is 24.0 Å². The van der Waals surface area contributed by atoms with Crippen LogP contribution in [0.5, 0.6) is 0 Å². The summed E-state index contributed by atoms with van der Waals surface area (Å²) < 4.78 is 34.5. The van der Waals surface area contributed by atoms with Crippen molar-refractivity contribution < 1.29 is 51.5 Å². The van der Waals surface area contributed by atoms with Gasteiger partial charge in [0.1, 0.15) is 30.2 Å². The van der Waals surface area contributed by atoms with Gasteiger partial charge in [0.05, 0.1) is 27.8 Å². The van der Waals surface area contributed by atoms with Crippen LogP contribution in [-0.2, 0) is 41.5 Å². The summed E-state index contributed by atoms with van der Waals surface area (Å²) in [5.41, 5.74) is 16.2. The fourth-order valence-electron chi connectivity index (χ4n) is 9.35. The molecule has 80 heavy (non-hydrogen) atoms. The molecule has 2 aliphatic rings. The number of halogens is 2. The summed E-state index contributed by atoms with van der Waals surface area (Å²) >= 11 is 5.92. The molecule has 1 aliphatic heterocycles. The lowest BCUT2D eigenvalue weighted by Crippen LogP contribution is -2.52. The molecule has 24 heteroatoms. The van der Waals surface area contributed by atoms with Gasteiger partial charge in [0.2, 0.25) is 5.91 Å². The van der Waals surface area contributed by atoms with Gasteiger partial charge in [-0.05, 0) is 66.6 Å². The first-order chi connectivity index (χ1) is 38.5. The Hall–Kier alpha value is -9.60. The molecule has 408 valence electrons. The molecule has 2 fully saturated rings. The van der Waals surface area contributed by atoms with E-state index in [1.807, 2.05) is 91.0 Å². The number of aromatic amines is 1. The quantitative estimate of drug-likeness (QED) is 0.0281. The van der Waals surface area contributed by atoms with E-state index in [0.717, 1.165) is 47.4 Å². The van der Waals surface area contributed by atoms with Crippen molar-refractivity contribution in [3.8, 4) is 0 Å². The van der Waals surface area contributed by atoms with Crippen LogP contribution >= 0.6 is 22.3 Å². The van der Waals surface area contributed by atoms with E-state index in [1.54, 1.807) is 71.8 Å². The Kier molecular flexibility index (Phi) is 18.2. The lowest BCUT2D eigenvalue weighted by molar-refractivity contribution is -0.121. The first kappa shape index (κ1) is 56.6. The third kappa shape index (κ3) is 13.9. The molecule has 0 unspecified atom stereocenters. The first-order valence-corrected chi connectivity index (χ1v) is 27.0. The van der Waals surface area contributed by atoms with Crippen LogP contribution in [-0.4, -0.2) is 86.5 Å². The highest BCUT2D eigenvalue weighted by Crippen LogP contribution is 2.43. The average molecular weight is 1140 g/mol. The fourth-order valence-corrected chi connectivity index (χ4v) is 9.69. The minimum absolute atomic E-state index is 0.0208. The zero-order chi connectivity index (χ0) is 56.9. The number of piperidine rings is 1. The Morgan fingerprint density at radius 2 is 1.23 bits per heavy atom. The summed E-state index contributed by atoms with van der Waals surface area (Å²) in [6, 6.07) is 43.6. The van der Waals surface area contributed by atoms with Crippen molar-refractivity contribution in [3.63, 3.8) is 0 Å². The Morgan fingerprint density at radius 1 is 0.675 bits per heavy atom. The van der Waals surface area contributed by atoms with Gasteiger partial charge in [-0.25, -0.2) is 33.8 Å². The maximum Gasteiger partial charge on any atom is 0.350 e. The monoisotopic (exact) mass is 1140 g/mol. The number of para-hydroxylation sites is 3. The van der Waals surface area contributed by atoms with Crippen LogP contribution in [0.15, 0.2) is 175 Å². The van der Waals surface area contributed by atoms with Gasteiger partial charge >= 0.3 is 39.3 Å². The summed E-state index contributed by atoms with van der Waals surface area (Å²) in [6.07, 6.45) is 7.88. The van der Waals surface area contributed by atoms with Crippen LogP contribution < -0.4 is 22.1 Å². The third-order valence-corrected chi connectivity index (χ3v) is 13.5. The number of H-pyrrole nitrogens is 1. The van der Waals surface area contributed by atoms with E-state index < -0.39 is 33.3 Å². The highest BCUT2D eigenvalue weighted by atomic mass is 35.7. The molecule has 5 aromatic carbocycles. The molecule has 1 saturated carbocycles. The second-order valence-corrected chi connectivity index (χ2v) is 20.4. The molecule has 11 rings (SSSR count). The fraction of sp³-hybridized carbons (Fsp3) is 0.143. The van der Waals surface area contributed by atoms with Gasteiger partial charge in [-0.2, -0.15) is 8.42 Å². The molecule has 9 aromatic rings. The van der Waals surface area contributed by atoms with Crippen molar-refractivity contribution in [2.75, 3.05) is 10.6 Å². The Labute approximate surface area is 465 Å². The second-order valence-electron chi connectivity index (χ2n) is 17.8. The van der Waals surface area contributed by atoms with Crippen LogP contribution in [0.3, 0.4) is 0 Å². The van der Waals surface area contributed by atoms with Crippen LogP contribution in [0, 0.1) is 5.92 Å². The Morgan fingerprint density at radius 3 is 1.81 bits per heavy atom. The number of nitrogens with two attached hydrogens (primary N) is 2. The largest absolute Gasteiger partial charge is 0.457 e. The number of rotatable bonds is 10. The van der Waals surface area contributed by atoms with Crippen LogP contribution in [0.1, 0.15) is 51.1 Å². The van der Waals surface area contributed by atoms with Gasteiger partial charge in [0.25, 0.3) is 6.08 Å². The smallest absolute Gasteiger partial charge is 0.350 e. The van der Waals surface area contributed by atoms with Crippen LogP contribution in [0.25, 0.3) is 32.7 Å². The van der Waals surface area contributed by atoms with Crippen molar-refractivity contribution in [3.05, 3.63) is 198 Å². The van der Waals surface area contributed by atoms with E-state index in [4.69, 9.17) is 37.3 Å². The highest BCUT2D eigenvalue weighted by Gasteiger charge is 2.51. The minimum atomic E-state index is -4.00. The van der Waals surface area contributed by atoms with E-state index in [-0.39, 0.29) is 41.6 Å². The van der Waals surface area contributed by atoms with Gasteiger partial charge in [-0.15, -0.1) is 0 Å². The molecule has 5 heterocycles. The first-order valence-electron chi connectivity index (χ1n) is 24.3. The molecule has 1 aliphatic carbocycles. The second kappa shape index (κ2) is 25.7. The number of carbonyl (C=O) groups excluding carboxylic acids is 7. The summed E-state index contributed by atoms with van der Waals surface area (Å²) in [5, 5.41) is 8.16. The van der Waals surface area contributed by atoms with E-state index in [9.17, 15) is 37.2 Å². The van der Waals surface area contributed by atoms with Gasteiger partial charge in [0.15, 0.2) is 0 Å². The van der Waals surface area contributed by atoms with E-state index in [2.05, 4.69) is 35.7 Å². The number of fused-ring (bicyclic) bond motifs is 5. The number of pyridine rings is 1. The number of ether oxygens (including phenoxy) is 2. The van der Waals surface area contributed by atoms with Crippen molar-refractivity contribution in [2.24, 2.45) is 21.8 Å². The molecule has 0 spiro atoms. The number of hydrogen-bond donors (Lipinski definition) is 5. The number of anilines is 2. The number of nitrogens with zero attached hydrogens (tertiary/aromatic N) is 5. The lowest BCUT2D eigenvalue weighted by Gasteiger charge is -2.34. The standard InChI is InChI=1S/C22H21ClN6O3.C17H14N2O3.C16H13NO2.CClNO3S/c23-17-6-3-7-18(26-17)27-20(30)19-12-8-9-13(10-12)29(19)22(32)25-15-11-28(21(24)31)16-5-2-1-4-14(15)16;18-17(21)19-10-14(13-8-4-5-9-15(13)19)16(20)22-11-12-6-2-1-3-7-12;18-16(19-11-12-6-2-1-3-7-12)14-10-17-15-9-5-4-8-13(14)15;2-7(5,6)3-1-4/h1-7,11-13,19H,8-10H2,(H2,24,31)(H,25,32)(H,26,27,30);1-10H,11H2,(H2,18,21);1-10,17H,11H2;/t12-,13+,19-;;;/m0.../s1. The molecular formula is C56H48Cl2N10O11S. The maximum absolute atomic E-state index is 13.3. The lowest BCUT2D eigenvalue weighted by atomic mass is 9.98. The Bertz CT molecular complexity index is 3920. The van der Waals surface area contributed by atoms with Crippen LogP contribution in [0.4, 0.5) is 25.9 Å². The number of isocyanates is 1.